The van der Waals surface area contributed by atoms with E-state index in [-0.39, 0.29) is 0 Å². The van der Waals surface area contributed by atoms with Gasteiger partial charge in [0.05, 0.1) is 0 Å². The number of nitrogens with one attached hydrogen (secondary N) is 1. The molecule has 1 N–H and O–H groups in total. The van der Waals surface area contributed by atoms with Gasteiger partial charge in [0.2, 0.25) is 0 Å². The Morgan fingerprint density at radius 2 is 2.42 bits per heavy atom. The Labute approximate surface area is 77.7 Å². The van der Waals surface area contributed by atoms with Gasteiger partial charge in [-0.15, -0.1) is 0 Å². The van der Waals surface area contributed by atoms with Crippen LogP contribution in [0.25, 0.3) is 0 Å². The minimum atomic E-state index is 1.10. The van der Waals surface area contributed by atoms with E-state index in [1.807, 2.05) is 0 Å². The lowest BCUT2D eigenvalue weighted by Crippen LogP contribution is -2.14. The molecule has 0 bridgehead atoms. The Kier molecular flexibility index (Phi) is 2.38. The number of rotatable bonds is 1. The van der Waals surface area contributed by atoms with Crippen molar-refractivity contribution in [3.8, 4) is 0 Å². The zero-order chi connectivity index (χ0) is 8.39. The molecular weight excluding hydrogens is 166 g/mol. The topological polar surface area (TPSA) is 12.0 Å². The molecule has 1 nitrogen and oxygen atoms in total. The van der Waals surface area contributed by atoms with Crippen LogP contribution in [-0.4, -0.2) is 6.54 Å². The van der Waals surface area contributed by atoms with Gasteiger partial charge in [0.15, 0.2) is 0 Å². The number of benzene rings is 1. The second kappa shape index (κ2) is 3.50. The largest absolute Gasteiger partial charge is 0.260 e. The highest BCUT2D eigenvalue weighted by Gasteiger charge is 2.08. The summed E-state index contributed by atoms with van der Waals surface area (Å²) in [5.74, 6) is 0. The highest BCUT2D eigenvalue weighted by atomic mass is 32.2. The number of fused-ring (bicyclic) bond motifs is 1. The van der Waals surface area contributed by atoms with Gasteiger partial charge in [-0.2, -0.15) is 0 Å². The Morgan fingerprint density at radius 1 is 1.50 bits per heavy atom. The molecule has 0 fully saturated rings. The van der Waals surface area contributed by atoms with E-state index in [9.17, 15) is 0 Å². The molecule has 0 unspecified atom stereocenters. The third-order valence-corrected chi connectivity index (χ3v) is 3.18. The van der Waals surface area contributed by atoms with E-state index in [0.717, 1.165) is 13.0 Å². The number of hydrogen-bond acceptors (Lipinski definition) is 2. The summed E-state index contributed by atoms with van der Waals surface area (Å²) in [6, 6.07) is 6.78. The fourth-order valence-corrected chi connectivity index (χ4v) is 2.25. The number of aryl methyl sites for hydroxylation is 1. The number of hydrogen-bond donors (Lipinski definition) is 1. The summed E-state index contributed by atoms with van der Waals surface area (Å²) in [5, 5.41) is 0. The molecule has 0 radical (unpaired) electrons. The van der Waals surface area contributed by atoms with Crippen LogP contribution in [0.2, 0.25) is 0 Å². The molecule has 0 spiro atoms. The summed E-state index contributed by atoms with van der Waals surface area (Å²) in [6.07, 6.45) is 2.32. The lowest BCUT2D eigenvalue weighted by molar-refractivity contribution is 0.860. The van der Waals surface area contributed by atoms with Crippen molar-refractivity contribution >= 4 is 11.9 Å². The molecule has 0 saturated carbocycles. The Morgan fingerprint density at radius 3 is 3.25 bits per heavy atom. The van der Waals surface area contributed by atoms with Crippen molar-refractivity contribution in [2.75, 3.05) is 6.54 Å². The van der Waals surface area contributed by atoms with Crippen LogP contribution in [0.5, 0.6) is 0 Å². The fraction of sp³-hybridized carbons (Fsp3) is 0.400. The van der Waals surface area contributed by atoms with Crippen molar-refractivity contribution in [3.05, 3.63) is 29.3 Å². The van der Waals surface area contributed by atoms with Gasteiger partial charge in [-0.25, -0.2) is 0 Å². The van der Waals surface area contributed by atoms with E-state index >= 15 is 0 Å². The van der Waals surface area contributed by atoms with Crippen LogP contribution in [0.1, 0.15) is 18.1 Å². The van der Waals surface area contributed by atoms with Crippen molar-refractivity contribution in [1.29, 1.82) is 0 Å². The summed E-state index contributed by atoms with van der Waals surface area (Å²) >= 11 is 1.76. The van der Waals surface area contributed by atoms with Crippen molar-refractivity contribution in [1.82, 2.24) is 4.72 Å². The zero-order valence-electron chi connectivity index (χ0n) is 7.26. The predicted octanol–water partition coefficient (Wildman–Crippen LogP) is 2.40. The van der Waals surface area contributed by atoms with E-state index < -0.39 is 0 Å². The van der Waals surface area contributed by atoms with Gasteiger partial charge in [-0.1, -0.05) is 19.1 Å². The third kappa shape index (κ3) is 1.50. The molecule has 1 heterocycles. The molecule has 64 valence electrons. The minimum absolute atomic E-state index is 1.10. The van der Waals surface area contributed by atoms with Gasteiger partial charge in [-0.3, -0.25) is 4.72 Å². The molecular formula is C10H13NS. The molecule has 1 aliphatic rings. The van der Waals surface area contributed by atoms with Crippen LogP contribution in [0.4, 0.5) is 0 Å². The molecule has 2 rings (SSSR count). The maximum atomic E-state index is 3.30. The molecule has 0 aromatic heterocycles. The first-order valence-electron chi connectivity index (χ1n) is 4.41. The smallest absolute Gasteiger partial charge is 0.0260 e. The van der Waals surface area contributed by atoms with Gasteiger partial charge in [-0.05, 0) is 42.0 Å². The first kappa shape index (κ1) is 8.14. The summed E-state index contributed by atoms with van der Waals surface area (Å²) in [4.78, 5) is 1.40. The SMILES string of the molecule is CCc1ccc2c(c1)CCNS2. The molecule has 0 amide bonds. The summed E-state index contributed by atoms with van der Waals surface area (Å²) in [5.41, 5.74) is 2.97. The van der Waals surface area contributed by atoms with Crippen molar-refractivity contribution in [2.24, 2.45) is 0 Å². The zero-order valence-corrected chi connectivity index (χ0v) is 8.08. The Hall–Kier alpha value is -0.470. The highest BCUT2D eigenvalue weighted by molar-refractivity contribution is 7.97. The monoisotopic (exact) mass is 179 g/mol. The van der Waals surface area contributed by atoms with Gasteiger partial charge < -0.3 is 0 Å². The van der Waals surface area contributed by atoms with E-state index in [1.54, 1.807) is 11.9 Å². The quantitative estimate of drug-likeness (QED) is 0.664. The van der Waals surface area contributed by atoms with Crippen molar-refractivity contribution < 1.29 is 0 Å². The molecule has 12 heavy (non-hydrogen) atoms. The lowest BCUT2D eigenvalue weighted by Gasteiger charge is -2.16. The molecule has 0 atom stereocenters. The first-order valence-corrected chi connectivity index (χ1v) is 5.23. The van der Waals surface area contributed by atoms with Crippen LogP contribution in [-0.2, 0) is 12.8 Å². The summed E-state index contributed by atoms with van der Waals surface area (Å²) in [6.45, 7) is 3.31. The average molecular weight is 179 g/mol. The van der Waals surface area contributed by atoms with Crippen LogP contribution in [0.15, 0.2) is 23.1 Å². The maximum Gasteiger partial charge on any atom is 0.0260 e. The molecule has 0 saturated heterocycles. The lowest BCUT2D eigenvalue weighted by atomic mass is 10.1. The molecule has 2 heteroatoms. The van der Waals surface area contributed by atoms with E-state index in [4.69, 9.17) is 0 Å². The van der Waals surface area contributed by atoms with Gasteiger partial charge in [0, 0.05) is 11.4 Å². The summed E-state index contributed by atoms with van der Waals surface area (Å²) < 4.78 is 3.30. The average Bonchev–Trinajstić information content (AvgIpc) is 2.17. The van der Waals surface area contributed by atoms with Crippen molar-refractivity contribution in [2.45, 2.75) is 24.7 Å². The second-order valence-corrected chi connectivity index (χ2v) is 3.97. The standard InChI is InChI=1S/C10H13NS/c1-2-8-3-4-10-9(7-8)5-6-11-12-10/h3-4,7,11H,2,5-6H2,1H3. The molecule has 1 aliphatic heterocycles. The van der Waals surface area contributed by atoms with Crippen LogP contribution < -0.4 is 4.72 Å². The van der Waals surface area contributed by atoms with Gasteiger partial charge in [0.25, 0.3) is 0 Å². The molecule has 1 aromatic carbocycles. The first-order chi connectivity index (χ1) is 5.90. The summed E-state index contributed by atoms with van der Waals surface area (Å²) in [7, 11) is 0. The van der Waals surface area contributed by atoms with E-state index in [0.29, 0.717) is 0 Å². The maximum absolute atomic E-state index is 3.30. The third-order valence-electron chi connectivity index (χ3n) is 2.21. The molecule has 0 aliphatic carbocycles. The Balaban J connectivity index is 2.36. The normalized spacial score (nSPS) is 15.8. The van der Waals surface area contributed by atoms with E-state index in [1.165, 1.54) is 22.4 Å². The minimum Gasteiger partial charge on any atom is -0.260 e. The molecule has 1 aromatic rings. The Bertz CT molecular complexity index is 283. The second-order valence-electron chi connectivity index (χ2n) is 3.04. The van der Waals surface area contributed by atoms with Crippen LogP contribution >= 0.6 is 11.9 Å². The van der Waals surface area contributed by atoms with Gasteiger partial charge in [0.1, 0.15) is 0 Å². The highest BCUT2D eigenvalue weighted by Crippen LogP contribution is 2.25. The fourth-order valence-electron chi connectivity index (χ4n) is 1.46. The van der Waals surface area contributed by atoms with Crippen LogP contribution in [0, 0.1) is 0 Å². The predicted molar refractivity (Wildman–Crippen MR) is 53.4 cm³/mol. The van der Waals surface area contributed by atoms with Crippen LogP contribution in [0.3, 0.4) is 0 Å². The van der Waals surface area contributed by atoms with Crippen molar-refractivity contribution in [3.63, 3.8) is 0 Å². The van der Waals surface area contributed by atoms with Gasteiger partial charge >= 0.3 is 0 Å². The van der Waals surface area contributed by atoms with E-state index in [2.05, 4.69) is 29.8 Å².